The van der Waals surface area contributed by atoms with Crippen molar-refractivity contribution in [2.24, 2.45) is 0 Å². The average Bonchev–Trinajstić information content (AvgIpc) is 3.75. The van der Waals surface area contributed by atoms with Gasteiger partial charge in [0.2, 0.25) is 11.9 Å². The number of hydrogen-bond acceptors (Lipinski definition) is 8. The van der Waals surface area contributed by atoms with Crippen LogP contribution in [0.25, 0.3) is 16.9 Å². The van der Waals surface area contributed by atoms with Crippen molar-refractivity contribution in [3.05, 3.63) is 79.1 Å². The highest BCUT2D eigenvalue weighted by molar-refractivity contribution is 5.85. The van der Waals surface area contributed by atoms with Gasteiger partial charge in [-0.1, -0.05) is 12.1 Å². The summed E-state index contributed by atoms with van der Waals surface area (Å²) in [6, 6.07) is 16.0. The molecule has 11 heteroatoms. The molecule has 40 heavy (non-hydrogen) atoms. The number of benzene rings is 2. The summed E-state index contributed by atoms with van der Waals surface area (Å²) in [6.45, 7) is 2.73. The van der Waals surface area contributed by atoms with Crippen LogP contribution in [0.2, 0.25) is 0 Å². The summed E-state index contributed by atoms with van der Waals surface area (Å²) in [6.07, 6.45) is 9.55. The number of ether oxygens (including phenoxy) is 1. The zero-order chi connectivity index (χ0) is 27.3. The number of likely N-dealkylation sites (tertiary alicyclic amines) is 1. The maximum absolute atomic E-state index is 12.1. The standard InChI is InChI=1S/C29H31N9O2/c1-40-24-10-4-21(5-11-24)12-13-31-27-26-28(38(20-32-26)18-17-36-15-2-3-25(36)39)35-29(34-27)33-22-6-8-23(9-7-22)37-16-14-30-19-37/h4-11,14,16,19-20H,2-3,12-13,15,17-18H2,1H3,(H2,31,33,34,35). The Bertz CT molecular complexity index is 1580. The van der Waals surface area contributed by atoms with Gasteiger partial charge in [0.05, 0.1) is 19.8 Å². The van der Waals surface area contributed by atoms with Gasteiger partial charge in [0.25, 0.3) is 0 Å². The molecule has 0 aliphatic carbocycles. The van der Waals surface area contributed by atoms with Gasteiger partial charge in [-0.05, 0) is 54.8 Å². The quantitative estimate of drug-likeness (QED) is 0.259. The molecule has 204 valence electrons. The van der Waals surface area contributed by atoms with E-state index in [-0.39, 0.29) is 5.91 Å². The lowest BCUT2D eigenvalue weighted by atomic mass is 10.1. The van der Waals surface area contributed by atoms with E-state index in [4.69, 9.17) is 14.7 Å². The van der Waals surface area contributed by atoms with Crippen LogP contribution < -0.4 is 15.4 Å². The second-order valence-corrected chi connectivity index (χ2v) is 9.66. The van der Waals surface area contributed by atoms with Crippen LogP contribution in [0.5, 0.6) is 5.75 Å². The van der Waals surface area contributed by atoms with Crippen molar-refractivity contribution in [3.8, 4) is 11.4 Å². The van der Waals surface area contributed by atoms with Gasteiger partial charge < -0.3 is 29.4 Å². The summed E-state index contributed by atoms with van der Waals surface area (Å²) in [5, 5.41) is 6.81. The molecule has 1 saturated heterocycles. The van der Waals surface area contributed by atoms with Crippen LogP contribution in [0.3, 0.4) is 0 Å². The molecule has 0 unspecified atom stereocenters. The van der Waals surface area contributed by atoms with Crippen LogP contribution >= 0.6 is 0 Å². The number of aromatic nitrogens is 6. The smallest absolute Gasteiger partial charge is 0.231 e. The molecule has 1 aliphatic heterocycles. The van der Waals surface area contributed by atoms with Crippen molar-refractivity contribution >= 4 is 34.5 Å². The molecular weight excluding hydrogens is 506 g/mol. The minimum Gasteiger partial charge on any atom is -0.497 e. The Kier molecular flexibility index (Phi) is 7.25. The maximum atomic E-state index is 12.1. The van der Waals surface area contributed by atoms with Gasteiger partial charge in [0.15, 0.2) is 17.0 Å². The molecule has 1 amide bonds. The Hall–Kier alpha value is -4.93. The minimum atomic E-state index is 0.210. The van der Waals surface area contributed by atoms with Crippen LogP contribution in [-0.2, 0) is 17.8 Å². The normalized spacial score (nSPS) is 13.2. The lowest BCUT2D eigenvalue weighted by Gasteiger charge is -2.16. The SMILES string of the molecule is COc1ccc(CCNc2nc(Nc3ccc(-n4ccnc4)cc3)nc3c2ncn3CCN2CCCC2=O)cc1. The number of rotatable bonds is 11. The van der Waals surface area contributed by atoms with Gasteiger partial charge in [0, 0.05) is 56.4 Å². The molecule has 0 saturated carbocycles. The summed E-state index contributed by atoms with van der Waals surface area (Å²) >= 11 is 0. The number of imidazole rings is 2. The third kappa shape index (κ3) is 5.58. The number of methoxy groups -OCH3 is 1. The summed E-state index contributed by atoms with van der Waals surface area (Å²) in [5.74, 6) is 2.17. The van der Waals surface area contributed by atoms with E-state index in [1.165, 1.54) is 5.56 Å². The predicted octanol–water partition coefficient (Wildman–Crippen LogP) is 4.04. The van der Waals surface area contributed by atoms with Gasteiger partial charge in [-0.15, -0.1) is 0 Å². The molecule has 4 heterocycles. The fraction of sp³-hybridized carbons (Fsp3) is 0.276. The highest BCUT2D eigenvalue weighted by Gasteiger charge is 2.20. The van der Waals surface area contributed by atoms with Gasteiger partial charge >= 0.3 is 0 Å². The molecule has 0 spiro atoms. The fourth-order valence-electron chi connectivity index (χ4n) is 4.83. The van der Waals surface area contributed by atoms with E-state index in [2.05, 4.69) is 32.7 Å². The first-order chi connectivity index (χ1) is 19.7. The number of carbonyl (C=O) groups is 1. The summed E-state index contributed by atoms with van der Waals surface area (Å²) < 4.78 is 9.20. The Labute approximate surface area is 231 Å². The van der Waals surface area contributed by atoms with Crippen molar-refractivity contribution in [3.63, 3.8) is 0 Å². The largest absolute Gasteiger partial charge is 0.497 e. The molecule has 0 atom stereocenters. The van der Waals surface area contributed by atoms with E-state index in [0.717, 1.165) is 36.5 Å². The molecule has 0 radical (unpaired) electrons. The van der Waals surface area contributed by atoms with Crippen molar-refractivity contribution in [1.82, 2.24) is 34.0 Å². The molecule has 2 N–H and O–H groups in total. The minimum absolute atomic E-state index is 0.210. The average molecular weight is 538 g/mol. The van der Waals surface area contributed by atoms with Gasteiger partial charge in [-0.2, -0.15) is 9.97 Å². The summed E-state index contributed by atoms with van der Waals surface area (Å²) in [5.41, 5.74) is 4.47. The van der Waals surface area contributed by atoms with Crippen molar-refractivity contribution < 1.29 is 9.53 Å². The molecule has 6 rings (SSSR count). The Morgan fingerprint density at radius 1 is 1.00 bits per heavy atom. The third-order valence-corrected chi connectivity index (χ3v) is 7.04. The van der Waals surface area contributed by atoms with Crippen LogP contribution in [0.15, 0.2) is 73.6 Å². The lowest BCUT2D eigenvalue weighted by Crippen LogP contribution is -2.28. The van der Waals surface area contributed by atoms with Gasteiger partial charge in [0.1, 0.15) is 5.75 Å². The molecule has 3 aromatic heterocycles. The predicted molar refractivity (Wildman–Crippen MR) is 153 cm³/mol. The van der Waals surface area contributed by atoms with Crippen LogP contribution in [-0.4, -0.2) is 66.6 Å². The molecule has 2 aromatic carbocycles. The lowest BCUT2D eigenvalue weighted by molar-refractivity contribution is -0.127. The van der Waals surface area contributed by atoms with Crippen LogP contribution in [0, 0.1) is 0 Å². The van der Waals surface area contributed by atoms with Crippen molar-refractivity contribution in [1.29, 1.82) is 0 Å². The van der Waals surface area contributed by atoms with E-state index in [1.807, 2.05) is 56.6 Å². The van der Waals surface area contributed by atoms with E-state index in [1.54, 1.807) is 26.0 Å². The third-order valence-electron chi connectivity index (χ3n) is 7.04. The molecule has 1 fully saturated rings. The second kappa shape index (κ2) is 11.4. The zero-order valence-electron chi connectivity index (χ0n) is 22.3. The second-order valence-electron chi connectivity index (χ2n) is 9.66. The Morgan fingerprint density at radius 2 is 1.85 bits per heavy atom. The maximum Gasteiger partial charge on any atom is 0.231 e. The number of amides is 1. The van der Waals surface area contributed by atoms with Crippen molar-refractivity contribution in [2.45, 2.75) is 25.8 Å². The number of nitrogens with one attached hydrogen (secondary N) is 2. The van der Waals surface area contributed by atoms with Crippen LogP contribution in [0.1, 0.15) is 18.4 Å². The number of nitrogens with zero attached hydrogens (tertiary/aromatic N) is 7. The first-order valence-electron chi connectivity index (χ1n) is 13.4. The monoisotopic (exact) mass is 537 g/mol. The van der Waals surface area contributed by atoms with E-state index in [0.29, 0.717) is 49.0 Å². The molecule has 11 nitrogen and oxygen atoms in total. The molecule has 5 aromatic rings. The highest BCUT2D eigenvalue weighted by Crippen LogP contribution is 2.24. The molecule has 1 aliphatic rings. The van der Waals surface area contributed by atoms with Gasteiger partial charge in [-0.3, -0.25) is 4.79 Å². The number of hydrogen-bond donors (Lipinski definition) is 2. The van der Waals surface area contributed by atoms with E-state index in [9.17, 15) is 4.79 Å². The molecular formula is C29H31N9O2. The fourth-order valence-corrected chi connectivity index (χ4v) is 4.83. The topological polar surface area (TPSA) is 115 Å². The van der Waals surface area contributed by atoms with Crippen molar-refractivity contribution in [2.75, 3.05) is 37.4 Å². The van der Waals surface area contributed by atoms with Crippen LogP contribution in [0.4, 0.5) is 17.5 Å². The number of carbonyl (C=O) groups excluding carboxylic acids is 1. The first-order valence-corrected chi connectivity index (χ1v) is 13.4. The summed E-state index contributed by atoms with van der Waals surface area (Å²) in [4.78, 5) is 32.4. The number of anilines is 3. The molecule has 0 bridgehead atoms. The van der Waals surface area contributed by atoms with E-state index >= 15 is 0 Å². The van der Waals surface area contributed by atoms with Gasteiger partial charge in [-0.25, -0.2) is 9.97 Å². The zero-order valence-corrected chi connectivity index (χ0v) is 22.3. The van der Waals surface area contributed by atoms with E-state index < -0.39 is 0 Å². The highest BCUT2D eigenvalue weighted by atomic mass is 16.5. The first kappa shape index (κ1) is 25.4. The Morgan fingerprint density at radius 3 is 2.58 bits per heavy atom. The number of fused-ring (bicyclic) bond motifs is 1. The summed E-state index contributed by atoms with van der Waals surface area (Å²) in [7, 11) is 1.67. The Balaban J connectivity index is 1.23.